The SMILES string of the molecule is COC(=O)C[C@@H]1COc2ccccc2O1. The smallest absolute Gasteiger partial charge is 0.309 e. The Morgan fingerprint density at radius 3 is 2.93 bits per heavy atom. The molecule has 0 radical (unpaired) electrons. The molecule has 1 aliphatic rings. The lowest BCUT2D eigenvalue weighted by Gasteiger charge is -2.25. The molecule has 0 fully saturated rings. The molecule has 0 aliphatic carbocycles. The number of esters is 1. The van der Waals surface area contributed by atoms with Gasteiger partial charge < -0.3 is 14.2 Å². The Kier molecular flexibility index (Phi) is 2.76. The van der Waals surface area contributed by atoms with Crippen molar-refractivity contribution < 1.29 is 19.0 Å². The fraction of sp³-hybridized carbons (Fsp3) is 0.364. The van der Waals surface area contributed by atoms with Gasteiger partial charge in [0, 0.05) is 0 Å². The van der Waals surface area contributed by atoms with E-state index in [2.05, 4.69) is 4.74 Å². The highest BCUT2D eigenvalue weighted by Crippen LogP contribution is 2.31. The van der Waals surface area contributed by atoms with Crippen LogP contribution in [-0.4, -0.2) is 25.8 Å². The van der Waals surface area contributed by atoms with E-state index in [4.69, 9.17) is 9.47 Å². The molecular weight excluding hydrogens is 196 g/mol. The summed E-state index contributed by atoms with van der Waals surface area (Å²) in [5.41, 5.74) is 0. The summed E-state index contributed by atoms with van der Waals surface area (Å²) in [5.74, 6) is 1.11. The molecule has 1 aliphatic heterocycles. The van der Waals surface area contributed by atoms with Crippen molar-refractivity contribution in [2.45, 2.75) is 12.5 Å². The van der Waals surface area contributed by atoms with Crippen LogP contribution in [0, 0.1) is 0 Å². The lowest BCUT2D eigenvalue weighted by molar-refractivity contribution is -0.143. The Labute approximate surface area is 87.8 Å². The summed E-state index contributed by atoms with van der Waals surface area (Å²) in [6.07, 6.45) is -0.0440. The average molecular weight is 208 g/mol. The first kappa shape index (κ1) is 9.83. The molecule has 4 nitrogen and oxygen atoms in total. The predicted octanol–water partition coefficient (Wildman–Crippen LogP) is 1.39. The van der Waals surface area contributed by atoms with Crippen LogP contribution in [0.15, 0.2) is 24.3 Å². The molecule has 0 N–H and O–H groups in total. The van der Waals surface area contributed by atoms with Crippen molar-refractivity contribution in [1.29, 1.82) is 0 Å². The zero-order valence-corrected chi connectivity index (χ0v) is 8.43. The molecule has 0 unspecified atom stereocenters. The molecule has 0 amide bonds. The van der Waals surface area contributed by atoms with Gasteiger partial charge in [-0.1, -0.05) is 12.1 Å². The van der Waals surface area contributed by atoms with Gasteiger partial charge in [-0.25, -0.2) is 0 Å². The van der Waals surface area contributed by atoms with Gasteiger partial charge in [0.05, 0.1) is 13.5 Å². The van der Waals surface area contributed by atoms with Gasteiger partial charge >= 0.3 is 5.97 Å². The first-order valence-electron chi connectivity index (χ1n) is 4.75. The number of carbonyl (C=O) groups is 1. The standard InChI is InChI=1S/C11H12O4/c1-13-11(12)6-8-7-14-9-4-2-3-5-10(9)15-8/h2-5,8H,6-7H2,1H3/t8-/m1/s1. The van der Waals surface area contributed by atoms with Gasteiger partial charge in [-0.15, -0.1) is 0 Å². The molecular formula is C11H12O4. The molecule has 1 aromatic carbocycles. The summed E-state index contributed by atoms with van der Waals surface area (Å²) in [6, 6.07) is 7.40. The summed E-state index contributed by atoms with van der Waals surface area (Å²) in [7, 11) is 1.36. The van der Waals surface area contributed by atoms with Crippen LogP contribution in [0.25, 0.3) is 0 Å². The predicted molar refractivity (Wildman–Crippen MR) is 53.0 cm³/mol. The minimum Gasteiger partial charge on any atom is -0.486 e. The first-order chi connectivity index (χ1) is 7.29. The molecule has 0 aromatic heterocycles. The van der Waals surface area contributed by atoms with Crippen LogP contribution in [0.4, 0.5) is 0 Å². The van der Waals surface area contributed by atoms with Crippen LogP contribution in [0.3, 0.4) is 0 Å². The van der Waals surface area contributed by atoms with E-state index in [-0.39, 0.29) is 18.5 Å². The first-order valence-corrected chi connectivity index (χ1v) is 4.75. The third-order valence-corrected chi connectivity index (χ3v) is 2.19. The quantitative estimate of drug-likeness (QED) is 0.689. The van der Waals surface area contributed by atoms with E-state index in [9.17, 15) is 4.79 Å². The van der Waals surface area contributed by atoms with Crippen molar-refractivity contribution >= 4 is 5.97 Å². The Bertz CT molecular complexity index is 361. The average Bonchev–Trinajstić information content (AvgIpc) is 2.29. The Morgan fingerprint density at radius 2 is 2.20 bits per heavy atom. The summed E-state index contributed by atoms with van der Waals surface area (Å²) in [5, 5.41) is 0. The Morgan fingerprint density at radius 1 is 1.47 bits per heavy atom. The lowest BCUT2D eigenvalue weighted by atomic mass is 10.2. The number of benzene rings is 1. The number of para-hydroxylation sites is 2. The number of hydrogen-bond acceptors (Lipinski definition) is 4. The monoisotopic (exact) mass is 208 g/mol. The van der Waals surface area contributed by atoms with Gasteiger partial charge in [0.2, 0.25) is 0 Å². The van der Waals surface area contributed by atoms with E-state index >= 15 is 0 Å². The van der Waals surface area contributed by atoms with E-state index in [0.29, 0.717) is 12.4 Å². The zero-order valence-electron chi connectivity index (χ0n) is 8.43. The Balaban J connectivity index is 2.02. The van der Waals surface area contributed by atoms with Gasteiger partial charge in [0.1, 0.15) is 12.7 Å². The van der Waals surface area contributed by atoms with Gasteiger partial charge in [0.25, 0.3) is 0 Å². The molecule has 80 valence electrons. The molecule has 1 aromatic rings. The lowest BCUT2D eigenvalue weighted by Crippen LogP contribution is -2.31. The fourth-order valence-electron chi connectivity index (χ4n) is 1.43. The van der Waals surface area contributed by atoms with Crippen LogP contribution in [-0.2, 0) is 9.53 Å². The molecule has 0 saturated carbocycles. The second-order valence-corrected chi connectivity index (χ2v) is 3.28. The molecule has 15 heavy (non-hydrogen) atoms. The number of methoxy groups -OCH3 is 1. The summed E-state index contributed by atoms with van der Waals surface area (Å²) in [6.45, 7) is 0.381. The van der Waals surface area contributed by atoms with Crippen molar-refractivity contribution in [1.82, 2.24) is 0 Å². The summed E-state index contributed by atoms with van der Waals surface area (Å²) < 4.78 is 15.6. The number of hydrogen-bond donors (Lipinski definition) is 0. The molecule has 2 rings (SSSR count). The van der Waals surface area contributed by atoms with Crippen LogP contribution in [0.1, 0.15) is 6.42 Å². The third kappa shape index (κ3) is 2.21. The van der Waals surface area contributed by atoms with Gasteiger partial charge in [-0.05, 0) is 12.1 Å². The van der Waals surface area contributed by atoms with Crippen molar-refractivity contribution in [2.75, 3.05) is 13.7 Å². The maximum absolute atomic E-state index is 11.0. The van der Waals surface area contributed by atoms with E-state index in [1.165, 1.54) is 7.11 Å². The van der Waals surface area contributed by atoms with E-state index in [1.54, 1.807) is 0 Å². The highest BCUT2D eigenvalue weighted by molar-refractivity contribution is 5.69. The molecule has 0 saturated heterocycles. The maximum atomic E-state index is 11.0. The normalized spacial score (nSPS) is 18.3. The number of carbonyl (C=O) groups excluding carboxylic acids is 1. The van der Waals surface area contributed by atoms with Crippen LogP contribution in [0.5, 0.6) is 11.5 Å². The van der Waals surface area contributed by atoms with Crippen LogP contribution >= 0.6 is 0 Å². The third-order valence-electron chi connectivity index (χ3n) is 2.19. The minimum atomic E-state index is -0.289. The molecule has 4 heteroatoms. The van der Waals surface area contributed by atoms with Crippen molar-refractivity contribution in [2.24, 2.45) is 0 Å². The highest BCUT2D eigenvalue weighted by Gasteiger charge is 2.23. The largest absolute Gasteiger partial charge is 0.486 e. The summed E-state index contributed by atoms with van der Waals surface area (Å²) >= 11 is 0. The van der Waals surface area contributed by atoms with Crippen LogP contribution < -0.4 is 9.47 Å². The summed E-state index contributed by atoms with van der Waals surface area (Å²) in [4.78, 5) is 11.0. The number of rotatable bonds is 2. The van der Waals surface area contributed by atoms with Gasteiger partial charge in [-0.2, -0.15) is 0 Å². The van der Waals surface area contributed by atoms with Crippen molar-refractivity contribution in [3.8, 4) is 11.5 Å². The second kappa shape index (κ2) is 4.21. The second-order valence-electron chi connectivity index (χ2n) is 3.28. The fourth-order valence-corrected chi connectivity index (χ4v) is 1.43. The van der Waals surface area contributed by atoms with Gasteiger partial charge in [0.15, 0.2) is 11.5 Å². The van der Waals surface area contributed by atoms with Crippen LogP contribution in [0.2, 0.25) is 0 Å². The highest BCUT2D eigenvalue weighted by atomic mass is 16.6. The molecule has 1 atom stereocenters. The molecule has 0 bridgehead atoms. The molecule has 1 heterocycles. The number of ether oxygens (including phenoxy) is 3. The van der Waals surface area contributed by atoms with E-state index in [1.807, 2.05) is 24.3 Å². The van der Waals surface area contributed by atoms with E-state index < -0.39 is 0 Å². The topological polar surface area (TPSA) is 44.8 Å². The van der Waals surface area contributed by atoms with Gasteiger partial charge in [-0.3, -0.25) is 4.79 Å². The maximum Gasteiger partial charge on any atom is 0.309 e. The van der Waals surface area contributed by atoms with Crippen molar-refractivity contribution in [3.63, 3.8) is 0 Å². The van der Waals surface area contributed by atoms with Crippen molar-refractivity contribution in [3.05, 3.63) is 24.3 Å². The molecule has 0 spiro atoms. The van der Waals surface area contributed by atoms with E-state index in [0.717, 1.165) is 5.75 Å². The Hall–Kier alpha value is -1.71. The number of fused-ring (bicyclic) bond motifs is 1. The minimum absolute atomic E-state index is 0.213. The zero-order chi connectivity index (χ0) is 10.7.